The van der Waals surface area contributed by atoms with Crippen LogP contribution in [-0.4, -0.2) is 25.6 Å². The van der Waals surface area contributed by atoms with Crippen LogP contribution in [-0.2, 0) is 13.0 Å². The lowest BCUT2D eigenvalue weighted by Gasteiger charge is -2.25. The number of rotatable bonds is 1. The minimum absolute atomic E-state index is 1.000. The van der Waals surface area contributed by atoms with Crippen molar-refractivity contribution in [2.45, 2.75) is 13.0 Å². The van der Waals surface area contributed by atoms with E-state index in [0.717, 1.165) is 25.3 Å². The monoisotopic (exact) mass is 303 g/mol. The SMILES string of the molecule is COc1cc2c(cc1I)CCN(C)C2. The fourth-order valence-corrected chi connectivity index (χ4v) is 2.61. The molecule has 0 aromatic heterocycles. The molecule has 0 atom stereocenters. The van der Waals surface area contributed by atoms with E-state index in [4.69, 9.17) is 4.74 Å². The van der Waals surface area contributed by atoms with Gasteiger partial charge in [-0.3, -0.25) is 0 Å². The number of likely N-dealkylation sites (N-methyl/N-ethyl adjacent to an activating group) is 1. The van der Waals surface area contributed by atoms with E-state index in [1.54, 1.807) is 7.11 Å². The summed E-state index contributed by atoms with van der Waals surface area (Å²) in [4.78, 5) is 2.34. The molecule has 0 bridgehead atoms. The van der Waals surface area contributed by atoms with Gasteiger partial charge in [-0.2, -0.15) is 0 Å². The smallest absolute Gasteiger partial charge is 0.132 e. The summed E-state index contributed by atoms with van der Waals surface area (Å²) < 4.78 is 6.54. The highest BCUT2D eigenvalue weighted by Crippen LogP contribution is 2.28. The van der Waals surface area contributed by atoms with E-state index in [2.05, 4.69) is 46.7 Å². The molecule has 1 aromatic carbocycles. The lowest BCUT2D eigenvalue weighted by Crippen LogP contribution is -2.26. The number of halogens is 1. The summed E-state index contributed by atoms with van der Waals surface area (Å²) in [5.41, 5.74) is 2.89. The van der Waals surface area contributed by atoms with Crippen molar-refractivity contribution >= 4 is 22.6 Å². The summed E-state index contributed by atoms with van der Waals surface area (Å²) in [5, 5.41) is 0. The third-order valence-corrected chi connectivity index (χ3v) is 3.52. The molecule has 76 valence electrons. The molecule has 0 radical (unpaired) electrons. The molecule has 0 saturated carbocycles. The molecule has 2 nitrogen and oxygen atoms in total. The summed E-state index contributed by atoms with van der Waals surface area (Å²) >= 11 is 2.33. The molecule has 0 fully saturated rings. The van der Waals surface area contributed by atoms with Crippen molar-refractivity contribution in [3.05, 3.63) is 26.8 Å². The molecule has 0 N–H and O–H groups in total. The van der Waals surface area contributed by atoms with Gasteiger partial charge in [-0.1, -0.05) is 0 Å². The highest BCUT2D eigenvalue weighted by molar-refractivity contribution is 14.1. The van der Waals surface area contributed by atoms with Crippen LogP contribution < -0.4 is 4.74 Å². The average Bonchev–Trinajstić information content (AvgIpc) is 2.17. The maximum absolute atomic E-state index is 5.32. The van der Waals surface area contributed by atoms with E-state index in [0.29, 0.717) is 0 Å². The van der Waals surface area contributed by atoms with Gasteiger partial charge >= 0.3 is 0 Å². The number of methoxy groups -OCH3 is 1. The Morgan fingerprint density at radius 2 is 2.14 bits per heavy atom. The Morgan fingerprint density at radius 3 is 2.86 bits per heavy atom. The number of nitrogens with zero attached hydrogens (tertiary/aromatic N) is 1. The van der Waals surface area contributed by atoms with Gasteiger partial charge < -0.3 is 9.64 Å². The molecular weight excluding hydrogens is 289 g/mol. The van der Waals surface area contributed by atoms with E-state index in [-0.39, 0.29) is 0 Å². The first-order valence-electron chi connectivity index (χ1n) is 4.74. The van der Waals surface area contributed by atoms with E-state index in [9.17, 15) is 0 Å². The highest BCUT2D eigenvalue weighted by Gasteiger charge is 2.15. The van der Waals surface area contributed by atoms with E-state index >= 15 is 0 Å². The van der Waals surface area contributed by atoms with Crippen molar-refractivity contribution < 1.29 is 4.74 Å². The van der Waals surface area contributed by atoms with Crippen molar-refractivity contribution in [2.24, 2.45) is 0 Å². The summed E-state index contributed by atoms with van der Waals surface area (Å²) in [6.45, 7) is 2.21. The van der Waals surface area contributed by atoms with Gasteiger partial charge in [-0.25, -0.2) is 0 Å². The normalized spacial score (nSPS) is 16.5. The van der Waals surface area contributed by atoms with Gasteiger partial charge in [-0.15, -0.1) is 0 Å². The maximum atomic E-state index is 5.32. The Labute approximate surface area is 98.4 Å². The van der Waals surface area contributed by atoms with Gasteiger partial charge in [0, 0.05) is 13.1 Å². The zero-order valence-electron chi connectivity index (χ0n) is 8.51. The van der Waals surface area contributed by atoms with Crippen LogP contribution >= 0.6 is 22.6 Å². The van der Waals surface area contributed by atoms with Gasteiger partial charge in [0.1, 0.15) is 5.75 Å². The summed E-state index contributed by atoms with van der Waals surface area (Å²) in [7, 11) is 3.89. The first-order chi connectivity index (χ1) is 6.70. The molecule has 0 aliphatic carbocycles. The van der Waals surface area contributed by atoms with Crippen molar-refractivity contribution in [1.82, 2.24) is 4.90 Å². The second kappa shape index (κ2) is 4.06. The van der Waals surface area contributed by atoms with Gasteiger partial charge in [-0.05, 0) is 59.3 Å². The molecule has 0 amide bonds. The Bertz CT molecular complexity index is 351. The second-order valence-electron chi connectivity index (χ2n) is 3.74. The minimum atomic E-state index is 1.000. The molecule has 1 aliphatic heterocycles. The van der Waals surface area contributed by atoms with E-state index in [1.807, 2.05) is 0 Å². The minimum Gasteiger partial charge on any atom is -0.496 e. The zero-order valence-corrected chi connectivity index (χ0v) is 10.7. The van der Waals surface area contributed by atoms with E-state index in [1.165, 1.54) is 14.7 Å². The number of fused-ring (bicyclic) bond motifs is 1. The number of benzene rings is 1. The average molecular weight is 303 g/mol. The first kappa shape index (κ1) is 10.2. The number of hydrogen-bond acceptors (Lipinski definition) is 2. The largest absolute Gasteiger partial charge is 0.496 e. The van der Waals surface area contributed by atoms with Crippen molar-refractivity contribution in [3.8, 4) is 5.75 Å². The van der Waals surface area contributed by atoms with Crippen LogP contribution in [0.25, 0.3) is 0 Å². The van der Waals surface area contributed by atoms with Gasteiger partial charge in [0.25, 0.3) is 0 Å². The molecule has 0 saturated heterocycles. The first-order valence-corrected chi connectivity index (χ1v) is 5.82. The molecule has 0 unspecified atom stereocenters. The summed E-state index contributed by atoms with van der Waals surface area (Å²) in [6.07, 6.45) is 1.16. The molecule has 3 heteroatoms. The van der Waals surface area contributed by atoms with E-state index < -0.39 is 0 Å². The fraction of sp³-hybridized carbons (Fsp3) is 0.455. The molecular formula is C11H14INO. The highest BCUT2D eigenvalue weighted by atomic mass is 127. The summed E-state index contributed by atoms with van der Waals surface area (Å²) in [6, 6.07) is 4.43. The van der Waals surface area contributed by atoms with Crippen LogP contribution in [0.15, 0.2) is 12.1 Å². The predicted octanol–water partition coefficient (Wildman–Crippen LogP) is 2.29. The molecule has 0 spiro atoms. The molecule has 2 rings (SSSR count). The van der Waals surface area contributed by atoms with Crippen LogP contribution in [0.2, 0.25) is 0 Å². The van der Waals surface area contributed by atoms with Crippen LogP contribution in [0.3, 0.4) is 0 Å². The van der Waals surface area contributed by atoms with Crippen molar-refractivity contribution in [2.75, 3.05) is 20.7 Å². The summed E-state index contributed by atoms with van der Waals surface area (Å²) in [5.74, 6) is 1.000. The lowest BCUT2D eigenvalue weighted by atomic mass is 10.00. The van der Waals surface area contributed by atoms with Crippen molar-refractivity contribution in [3.63, 3.8) is 0 Å². The van der Waals surface area contributed by atoms with Crippen molar-refractivity contribution in [1.29, 1.82) is 0 Å². The van der Waals surface area contributed by atoms with Crippen LogP contribution in [0.5, 0.6) is 5.75 Å². The standard InChI is InChI=1S/C11H14INO/c1-13-4-3-8-5-10(12)11(14-2)6-9(8)7-13/h5-6H,3-4,7H2,1-2H3. The molecule has 1 heterocycles. The Morgan fingerprint density at radius 1 is 1.36 bits per heavy atom. The Balaban J connectivity index is 2.41. The topological polar surface area (TPSA) is 12.5 Å². The van der Waals surface area contributed by atoms with Gasteiger partial charge in [0.2, 0.25) is 0 Å². The van der Waals surface area contributed by atoms with Crippen LogP contribution in [0.4, 0.5) is 0 Å². The van der Waals surface area contributed by atoms with Gasteiger partial charge in [0.15, 0.2) is 0 Å². The lowest BCUT2D eigenvalue weighted by molar-refractivity contribution is 0.311. The van der Waals surface area contributed by atoms with Crippen LogP contribution in [0, 0.1) is 3.57 Å². The third-order valence-electron chi connectivity index (χ3n) is 2.68. The van der Waals surface area contributed by atoms with Crippen LogP contribution in [0.1, 0.15) is 11.1 Å². The maximum Gasteiger partial charge on any atom is 0.132 e. The Hall–Kier alpha value is -0.290. The number of hydrogen-bond donors (Lipinski definition) is 0. The molecule has 1 aliphatic rings. The third kappa shape index (κ3) is 1.88. The zero-order chi connectivity index (χ0) is 10.1. The predicted molar refractivity (Wildman–Crippen MR) is 65.7 cm³/mol. The molecule has 14 heavy (non-hydrogen) atoms. The molecule has 1 aromatic rings. The van der Waals surface area contributed by atoms with Gasteiger partial charge in [0.05, 0.1) is 10.7 Å². The Kier molecular flexibility index (Phi) is 2.97. The quantitative estimate of drug-likeness (QED) is 0.738. The second-order valence-corrected chi connectivity index (χ2v) is 4.91. The number of ether oxygens (including phenoxy) is 1. The fourth-order valence-electron chi connectivity index (χ4n) is 1.85.